The van der Waals surface area contributed by atoms with Crippen LogP contribution in [0.1, 0.15) is 11.4 Å². The Bertz CT molecular complexity index is 365. The Labute approximate surface area is 106 Å². The highest BCUT2D eigenvalue weighted by Crippen LogP contribution is 2.08. The Morgan fingerprint density at radius 2 is 1.94 bits per heavy atom. The number of nitrogens with one attached hydrogen (secondary N) is 1. The Morgan fingerprint density at radius 3 is 2.65 bits per heavy atom. The summed E-state index contributed by atoms with van der Waals surface area (Å²) in [6.45, 7) is 8.20. The maximum absolute atomic E-state index is 4.35. The quantitative estimate of drug-likeness (QED) is 0.862. The molecule has 5 nitrogen and oxygen atoms in total. The van der Waals surface area contributed by atoms with Crippen molar-refractivity contribution in [2.45, 2.75) is 13.8 Å². The van der Waals surface area contributed by atoms with Crippen LogP contribution in [0.25, 0.3) is 0 Å². The molecule has 0 radical (unpaired) electrons. The van der Waals surface area contributed by atoms with Crippen LogP contribution in [-0.4, -0.2) is 57.8 Å². The lowest BCUT2D eigenvalue weighted by Gasteiger charge is -2.25. The Kier molecular flexibility index (Phi) is 4.56. The van der Waals surface area contributed by atoms with Crippen LogP contribution in [0.4, 0.5) is 5.95 Å². The van der Waals surface area contributed by atoms with Crippen LogP contribution in [0.15, 0.2) is 0 Å². The van der Waals surface area contributed by atoms with Crippen molar-refractivity contribution in [1.29, 1.82) is 0 Å². The van der Waals surface area contributed by atoms with Crippen molar-refractivity contribution in [3.63, 3.8) is 0 Å². The van der Waals surface area contributed by atoms with E-state index < -0.39 is 0 Å². The summed E-state index contributed by atoms with van der Waals surface area (Å²) in [4.78, 5) is 6.82. The summed E-state index contributed by atoms with van der Waals surface area (Å²) in [6, 6.07) is 0. The summed E-state index contributed by atoms with van der Waals surface area (Å²) in [7, 11) is 0. The lowest BCUT2D eigenvalue weighted by atomic mass is 10.4. The molecule has 0 aromatic carbocycles. The summed E-state index contributed by atoms with van der Waals surface area (Å²) >= 11 is 2.04. The predicted molar refractivity (Wildman–Crippen MR) is 71.6 cm³/mol. The van der Waals surface area contributed by atoms with Gasteiger partial charge in [0, 0.05) is 37.7 Å². The zero-order valence-corrected chi connectivity index (χ0v) is 11.3. The van der Waals surface area contributed by atoms with Crippen LogP contribution in [-0.2, 0) is 0 Å². The maximum Gasteiger partial charge on any atom is 0.243 e. The van der Waals surface area contributed by atoms with Crippen LogP contribution < -0.4 is 5.32 Å². The van der Waals surface area contributed by atoms with E-state index in [-0.39, 0.29) is 0 Å². The van der Waals surface area contributed by atoms with E-state index in [0.717, 1.165) is 24.5 Å². The molecule has 1 aromatic rings. The molecule has 2 heterocycles. The first-order chi connectivity index (χ1) is 8.25. The summed E-state index contributed by atoms with van der Waals surface area (Å²) in [6.07, 6.45) is 0. The molecule has 0 saturated carbocycles. The summed E-state index contributed by atoms with van der Waals surface area (Å²) in [5.74, 6) is 3.14. The maximum atomic E-state index is 4.35. The normalized spacial score (nSPS) is 17.1. The fourth-order valence-corrected chi connectivity index (χ4v) is 2.66. The van der Waals surface area contributed by atoms with Gasteiger partial charge in [-0.05, 0) is 13.8 Å². The van der Waals surface area contributed by atoms with E-state index >= 15 is 0 Å². The number of aryl methyl sites for hydroxylation is 2. The molecule has 0 amide bonds. The molecule has 1 aliphatic heterocycles. The third-order valence-electron chi connectivity index (χ3n) is 2.91. The molecule has 17 heavy (non-hydrogen) atoms. The van der Waals surface area contributed by atoms with E-state index in [1.54, 1.807) is 0 Å². The van der Waals surface area contributed by atoms with Gasteiger partial charge in [0.15, 0.2) is 0 Å². The van der Waals surface area contributed by atoms with Crippen molar-refractivity contribution in [1.82, 2.24) is 20.1 Å². The van der Waals surface area contributed by atoms with Crippen molar-refractivity contribution in [3.05, 3.63) is 11.4 Å². The Hall–Kier alpha value is -0.880. The number of anilines is 1. The van der Waals surface area contributed by atoms with Crippen LogP contribution in [0.2, 0.25) is 0 Å². The molecule has 1 aliphatic rings. The lowest BCUT2D eigenvalue weighted by molar-refractivity contribution is 0.314. The van der Waals surface area contributed by atoms with Crippen LogP contribution in [0, 0.1) is 13.8 Å². The minimum atomic E-state index is 0.638. The van der Waals surface area contributed by atoms with Gasteiger partial charge in [-0.3, -0.25) is 4.90 Å². The van der Waals surface area contributed by atoms with E-state index in [1.165, 1.54) is 24.6 Å². The first kappa shape index (κ1) is 12.6. The van der Waals surface area contributed by atoms with Crippen LogP contribution in [0.3, 0.4) is 0 Å². The number of rotatable bonds is 4. The largest absolute Gasteiger partial charge is 0.352 e. The molecule has 0 spiro atoms. The molecule has 1 saturated heterocycles. The topological polar surface area (TPSA) is 53.9 Å². The van der Waals surface area contributed by atoms with Crippen molar-refractivity contribution >= 4 is 17.7 Å². The minimum Gasteiger partial charge on any atom is -0.352 e. The summed E-state index contributed by atoms with van der Waals surface area (Å²) < 4.78 is 0. The summed E-state index contributed by atoms with van der Waals surface area (Å²) in [5.41, 5.74) is 1.83. The second-order valence-electron chi connectivity index (χ2n) is 4.19. The van der Waals surface area contributed by atoms with Crippen molar-refractivity contribution < 1.29 is 0 Å². The third-order valence-corrected chi connectivity index (χ3v) is 3.85. The second-order valence-corrected chi connectivity index (χ2v) is 5.41. The van der Waals surface area contributed by atoms with Gasteiger partial charge in [0.05, 0.1) is 11.4 Å². The fraction of sp³-hybridized carbons (Fsp3) is 0.727. The zero-order valence-electron chi connectivity index (χ0n) is 10.4. The van der Waals surface area contributed by atoms with Crippen LogP contribution >= 0.6 is 11.8 Å². The molecule has 94 valence electrons. The molecule has 2 rings (SSSR count). The highest BCUT2D eigenvalue weighted by atomic mass is 32.2. The summed E-state index contributed by atoms with van der Waals surface area (Å²) in [5, 5.41) is 11.3. The number of aromatic nitrogens is 3. The highest BCUT2D eigenvalue weighted by molar-refractivity contribution is 7.99. The van der Waals surface area contributed by atoms with E-state index in [0.29, 0.717) is 5.95 Å². The Morgan fingerprint density at radius 1 is 1.18 bits per heavy atom. The molecular weight excluding hydrogens is 234 g/mol. The first-order valence-electron chi connectivity index (χ1n) is 5.97. The van der Waals surface area contributed by atoms with Crippen molar-refractivity contribution in [2.75, 3.05) is 43.0 Å². The number of thioether (sulfide) groups is 1. The van der Waals surface area contributed by atoms with Gasteiger partial charge in [0.2, 0.25) is 5.95 Å². The molecule has 1 N–H and O–H groups in total. The number of hydrogen-bond donors (Lipinski definition) is 1. The first-order valence-corrected chi connectivity index (χ1v) is 7.13. The van der Waals surface area contributed by atoms with Crippen molar-refractivity contribution in [3.8, 4) is 0 Å². The standard InChI is InChI=1S/C11H19N5S/c1-9-10(2)14-15-11(13-9)12-3-4-16-5-7-17-8-6-16/h3-8H2,1-2H3,(H,12,13,15). The Balaban J connectivity index is 1.75. The lowest BCUT2D eigenvalue weighted by Crippen LogP contribution is -2.36. The van der Waals surface area contributed by atoms with Crippen molar-refractivity contribution in [2.24, 2.45) is 0 Å². The molecule has 0 unspecified atom stereocenters. The number of nitrogens with zero attached hydrogens (tertiary/aromatic N) is 4. The predicted octanol–water partition coefficient (Wildman–Crippen LogP) is 0.949. The van der Waals surface area contributed by atoms with Gasteiger partial charge >= 0.3 is 0 Å². The van der Waals surface area contributed by atoms with Gasteiger partial charge in [0.25, 0.3) is 0 Å². The minimum absolute atomic E-state index is 0.638. The molecule has 1 aromatic heterocycles. The molecule has 6 heteroatoms. The highest BCUT2D eigenvalue weighted by Gasteiger charge is 2.09. The molecule has 0 bridgehead atoms. The molecular formula is C11H19N5S. The second kappa shape index (κ2) is 6.16. The van der Waals surface area contributed by atoms with Gasteiger partial charge in [-0.1, -0.05) is 0 Å². The third kappa shape index (κ3) is 3.81. The smallest absolute Gasteiger partial charge is 0.243 e. The average molecular weight is 253 g/mol. The number of hydrogen-bond acceptors (Lipinski definition) is 6. The van der Waals surface area contributed by atoms with Gasteiger partial charge < -0.3 is 5.32 Å². The molecule has 0 aliphatic carbocycles. The van der Waals surface area contributed by atoms with Gasteiger partial charge in [-0.15, -0.1) is 5.10 Å². The van der Waals surface area contributed by atoms with Crippen LogP contribution in [0.5, 0.6) is 0 Å². The monoisotopic (exact) mass is 253 g/mol. The molecule has 0 atom stereocenters. The van der Waals surface area contributed by atoms with Gasteiger partial charge in [0.1, 0.15) is 0 Å². The molecule has 1 fully saturated rings. The van der Waals surface area contributed by atoms with Gasteiger partial charge in [-0.2, -0.15) is 16.9 Å². The van der Waals surface area contributed by atoms with E-state index in [4.69, 9.17) is 0 Å². The fourth-order valence-electron chi connectivity index (χ4n) is 1.68. The van der Waals surface area contributed by atoms with E-state index in [1.807, 2.05) is 25.6 Å². The average Bonchev–Trinajstić information content (AvgIpc) is 2.35. The SMILES string of the molecule is Cc1nnc(NCCN2CCSCC2)nc1C. The van der Waals surface area contributed by atoms with E-state index in [9.17, 15) is 0 Å². The van der Waals surface area contributed by atoms with Gasteiger partial charge in [-0.25, -0.2) is 4.98 Å². The van der Waals surface area contributed by atoms with E-state index in [2.05, 4.69) is 25.4 Å². The zero-order chi connectivity index (χ0) is 12.1.